The molecule has 1 rings (SSSR count). The molecular weight excluding hydrogens is 212 g/mol. The molecule has 0 spiro atoms. The average molecular weight is 240 g/mol. The maximum Gasteiger partial charge on any atom is 0.225 e. The largest absolute Gasteiger partial charge is 0.342 e. The van der Waals surface area contributed by atoms with Gasteiger partial charge in [-0.15, -0.1) is 0 Å². The van der Waals surface area contributed by atoms with Crippen LogP contribution in [-0.4, -0.2) is 30.4 Å². The number of amides is 1. The lowest BCUT2D eigenvalue weighted by Gasteiger charge is -2.39. The van der Waals surface area contributed by atoms with Gasteiger partial charge in [0.2, 0.25) is 5.91 Å². The number of carbonyl (C=O) groups excluding carboxylic acids is 1. The van der Waals surface area contributed by atoms with Crippen molar-refractivity contribution in [2.24, 2.45) is 17.1 Å². The zero-order chi connectivity index (χ0) is 12.9. The fraction of sp³-hybridized carbons (Fsp3) is 0.929. The van der Waals surface area contributed by atoms with Gasteiger partial charge in [-0.3, -0.25) is 4.79 Å². The SMILES string of the molecule is CCC1(C)CCN(C(=O)C(C)CCCN)CC1. The van der Waals surface area contributed by atoms with Gasteiger partial charge in [0.15, 0.2) is 0 Å². The van der Waals surface area contributed by atoms with E-state index in [1.165, 1.54) is 6.42 Å². The van der Waals surface area contributed by atoms with Crippen molar-refractivity contribution in [1.82, 2.24) is 4.90 Å². The summed E-state index contributed by atoms with van der Waals surface area (Å²) in [5.41, 5.74) is 5.94. The van der Waals surface area contributed by atoms with E-state index in [2.05, 4.69) is 18.7 Å². The molecule has 1 aliphatic heterocycles. The molecule has 0 bridgehead atoms. The predicted molar refractivity (Wildman–Crippen MR) is 71.7 cm³/mol. The highest BCUT2D eigenvalue weighted by atomic mass is 16.2. The first-order valence-electron chi connectivity index (χ1n) is 7.01. The van der Waals surface area contributed by atoms with Crippen LogP contribution in [0.5, 0.6) is 0 Å². The minimum Gasteiger partial charge on any atom is -0.342 e. The number of hydrogen-bond acceptors (Lipinski definition) is 2. The minimum absolute atomic E-state index is 0.143. The standard InChI is InChI=1S/C14H28N2O/c1-4-14(3)7-10-16(11-8-14)13(17)12(2)6-5-9-15/h12H,4-11,15H2,1-3H3. The number of likely N-dealkylation sites (tertiary alicyclic amines) is 1. The molecule has 1 aliphatic rings. The molecule has 1 amide bonds. The van der Waals surface area contributed by atoms with E-state index < -0.39 is 0 Å². The van der Waals surface area contributed by atoms with Crippen LogP contribution in [0.25, 0.3) is 0 Å². The zero-order valence-corrected chi connectivity index (χ0v) is 11.7. The molecule has 3 heteroatoms. The Bertz CT molecular complexity index is 245. The van der Waals surface area contributed by atoms with E-state index in [-0.39, 0.29) is 5.92 Å². The second kappa shape index (κ2) is 6.39. The lowest BCUT2D eigenvalue weighted by molar-refractivity contribution is -0.137. The van der Waals surface area contributed by atoms with Crippen molar-refractivity contribution >= 4 is 5.91 Å². The van der Waals surface area contributed by atoms with Crippen LogP contribution in [0.1, 0.15) is 52.9 Å². The molecule has 0 aromatic carbocycles. The molecule has 0 aromatic heterocycles. The Labute approximate surface area is 106 Å². The molecule has 0 aliphatic carbocycles. The first-order chi connectivity index (χ1) is 8.02. The van der Waals surface area contributed by atoms with Crippen LogP contribution in [0, 0.1) is 11.3 Å². The van der Waals surface area contributed by atoms with E-state index in [1.54, 1.807) is 0 Å². The van der Waals surface area contributed by atoms with E-state index in [4.69, 9.17) is 5.73 Å². The normalized spacial score (nSPS) is 21.3. The average Bonchev–Trinajstić information content (AvgIpc) is 2.36. The summed E-state index contributed by atoms with van der Waals surface area (Å²) in [6.07, 6.45) is 5.40. The van der Waals surface area contributed by atoms with Gasteiger partial charge >= 0.3 is 0 Å². The molecule has 0 radical (unpaired) electrons. The highest BCUT2D eigenvalue weighted by molar-refractivity contribution is 5.78. The third-order valence-corrected chi connectivity index (χ3v) is 4.40. The fourth-order valence-electron chi connectivity index (χ4n) is 2.48. The second-order valence-corrected chi connectivity index (χ2v) is 5.82. The fourth-order valence-corrected chi connectivity index (χ4v) is 2.48. The molecule has 1 unspecified atom stereocenters. The van der Waals surface area contributed by atoms with Gasteiger partial charge in [-0.25, -0.2) is 0 Å². The topological polar surface area (TPSA) is 46.3 Å². The van der Waals surface area contributed by atoms with Crippen LogP contribution in [-0.2, 0) is 4.79 Å². The zero-order valence-electron chi connectivity index (χ0n) is 11.7. The number of carbonyl (C=O) groups is 1. The Hall–Kier alpha value is -0.570. The van der Waals surface area contributed by atoms with Gasteiger partial charge in [-0.1, -0.05) is 27.2 Å². The summed E-state index contributed by atoms with van der Waals surface area (Å²) in [5.74, 6) is 0.473. The Balaban J connectivity index is 2.40. The molecule has 0 aromatic rings. The summed E-state index contributed by atoms with van der Waals surface area (Å²) in [7, 11) is 0. The van der Waals surface area contributed by atoms with Gasteiger partial charge in [0, 0.05) is 19.0 Å². The van der Waals surface area contributed by atoms with Crippen molar-refractivity contribution in [2.45, 2.75) is 52.9 Å². The van der Waals surface area contributed by atoms with Crippen molar-refractivity contribution in [1.29, 1.82) is 0 Å². The van der Waals surface area contributed by atoms with Crippen molar-refractivity contribution in [3.8, 4) is 0 Å². The monoisotopic (exact) mass is 240 g/mol. The van der Waals surface area contributed by atoms with Gasteiger partial charge in [0.1, 0.15) is 0 Å². The van der Waals surface area contributed by atoms with E-state index in [0.717, 1.165) is 38.8 Å². The van der Waals surface area contributed by atoms with Gasteiger partial charge < -0.3 is 10.6 Å². The third-order valence-electron chi connectivity index (χ3n) is 4.40. The molecule has 2 N–H and O–H groups in total. The first kappa shape index (κ1) is 14.5. The van der Waals surface area contributed by atoms with Gasteiger partial charge in [0.05, 0.1) is 0 Å². The van der Waals surface area contributed by atoms with E-state index in [9.17, 15) is 4.79 Å². The summed E-state index contributed by atoms with van der Waals surface area (Å²) in [6.45, 7) is 9.19. The van der Waals surface area contributed by atoms with E-state index >= 15 is 0 Å². The summed E-state index contributed by atoms with van der Waals surface area (Å²) in [5, 5.41) is 0. The molecule has 1 saturated heterocycles. The number of rotatable bonds is 5. The summed E-state index contributed by atoms with van der Waals surface area (Å²) in [4.78, 5) is 14.2. The second-order valence-electron chi connectivity index (χ2n) is 5.82. The smallest absolute Gasteiger partial charge is 0.225 e. The summed E-state index contributed by atoms with van der Waals surface area (Å²) < 4.78 is 0. The molecule has 0 saturated carbocycles. The number of hydrogen-bond donors (Lipinski definition) is 1. The maximum atomic E-state index is 12.2. The van der Waals surface area contributed by atoms with Crippen molar-refractivity contribution in [3.63, 3.8) is 0 Å². The van der Waals surface area contributed by atoms with Crippen LogP contribution < -0.4 is 5.73 Å². The molecule has 1 heterocycles. The predicted octanol–water partition coefficient (Wildman–Crippen LogP) is 2.40. The molecule has 17 heavy (non-hydrogen) atoms. The maximum absolute atomic E-state index is 12.2. The van der Waals surface area contributed by atoms with Gasteiger partial charge in [-0.05, 0) is 37.6 Å². The Morgan fingerprint density at radius 1 is 1.41 bits per heavy atom. The lowest BCUT2D eigenvalue weighted by Crippen LogP contribution is -2.44. The van der Waals surface area contributed by atoms with Crippen molar-refractivity contribution < 1.29 is 4.79 Å². The van der Waals surface area contributed by atoms with E-state index in [0.29, 0.717) is 17.9 Å². The molecule has 100 valence electrons. The number of nitrogens with two attached hydrogens (primary N) is 1. The quantitative estimate of drug-likeness (QED) is 0.802. The van der Waals surface area contributed by atoms with Crippen LogP contribution in [0.4, 0.5) is 0 Å². The van der Waals surface area contributed by atoms with Crippen LogP contribution in [0.15, 0.2) is 0 Å². The lowest BCUT2D eigenvalue weighted by atomic mass is 9.78. The number of piperidine rings is 1. The van der Waals surface area contributed by atoms with Gasteiger partial charge in [0.25, 0.3) is 0 Å². The highest BCUT2D eigenvalue weighted by Crippen LogP contribution is 2.34. The summed E-state index contributed by atoms with van der Waals surface area (Å²) in [6, 6.07) is 0. The van der Waals surface area contributed by atoms with Crippen molar-refractivity contribution in [2.75, 3.05) is 19.6 Å². The van der Waals surface area contributed by atoms with Crippen LogP contribution in [0.3, 0.4) is 0 Å². The van der Waals surface area contributed by atoms with Crippen LogP contribution in [0.2, 0.25) is 0 Å². The minimum atomic E-state index is 0.143. The molecular formula is C14H28N2O. The van der Waals surface area contributed by atoms with Crippen LogP contribution >= 0.6 is 0 Å². The number of nitrogens with zero attached hydrogens (tertiary/aromatic N) is 1. The molecule has 1 fully saturated rings. The Morgan fingerprint density at radius 3 is 2.47 bits per heavy atom. The third kappa shape index (κ3) is 3.98. The van der Waals surface area contributed by atoms with E-state index in [1.807, 2.05) is 6.92 Å². The highest BCUT2D eigenvalue weighted by Gasteiger charge is 2.31. The molecule has 1 atom stereocenters. The first-order valence-corrected chi connectivity index (χ1v) is 7.01. The summed E-state index contributed by atoms with van der Waals surface area (Å²) >= 11 is 0. The Morgan fingerprint density at radius 2 is 2.00 bits per heavy atom. The van der Waals surface area contributed by atoms with Crippen molar-refractivity contribution in [3.05, 3.63) is 0 Å². The van der Waals surface area contributed by atoms with Gasteiger partial charge in [-0.2, -0.15) is 0 Å². The molecule has 3 nitrogen and oxygen atoms in total. The Kier molecular flexibility index (Phi) is 5.44.